The number of carboxylic acids is 1. The van der Waals surface area contributed by atoms with Gasteiger partial charge < -0.3 is 5.11 Å². The van der Waals surface area contributed by atoms with Crippen molar-refractivity contribution in [2.24, 2.45) is 0 Å². The molecule has 0 aliphatic carbocycles. The molecule has 0 spiro atoms. The molecule has 2 nitrogen and oxygen atoms in total. The maximum absolute atomic E-state index is 10.4. The average Bonchev–Trinajstić information content (AvgIpc) is 2.74. The summed E-state index contributed by atoms with van der Waals surface area (Å²) in [7, 11) is 0. The van der Waals surface area contributed by atoms with E-state index in [0.717, 1.165) is 18.7 Å². The number of carbonyl (C=O) groups is 1. The molecule has 0 aromatic heterocycles. The molecule has 180 valence electrons. The van der Waals surface area contributed by atoms with E-state index in [9.17, 15) is 4.79 Å². The Labute approximate surface area is 194 Å². The Morgan fingerprint density at radius 2 is 0.967 bits per heavy atom. The molecule has 0 atom stereocenters. The topological polar surface area (TPSA) is 37.3 Å². The fourth-order valence-corrected chi connectivity index (χ4v) is 3.59. The lowest BCUT2D eigenvalue weighted by atomic mass is 10.1. The maximum atomic E-state index is 10.4. The number of carboxylic acid groups (broad SMARTS) is 1. The van der Waals surface area contributed by atoms with Crippen molar-refractivity contribution in [3.05, 3.63) is 12.2 Å². The lowest BCUT2D eigenvalue weighted by Crippen LogP contribution is -1.93. The third-order valence-electron chi connectivity index (χ3n) is 5.39. The van der Waals surface area contributed by atoms with Gasteiger partial charge in [0.15, 0.2) is 0 Å². The molecule has 0 saturated carbocycles. The van der Waals surface area contributed by atoms with Gasteiger partial charge in [0.25, 0.3) is 0 Å². The number of allylic oxidation sites excluding steroid dienone is 2. The molecule has 0 bridgehead atoms. The summed E-state index contributed by atoms with van der Waals surface area (Å²) in [4.78, 5) is 10.4. The molecule has 0 radical (unpaired) electrons. The minimum Gasteiger partial charge on any atom is -0.481 e. The number of aliphatic carboxylic acids is 1. The van der Waals surface area contributed by atoms with Crippen LogP contribution >= 0.6 is 11.6 Å². The zero-order valence-electron chi connectivity index (χ0n) is 20.4. The van der Waals surface area contributed by atoms with Gasteiger partial charge in [-0.3, -0.25) is 4.79 Å². The molecule has 3 heteroatoms. The van der Waals surface area contributed by atoms with E-state index in [-0.39, 0.29) is 0 Å². The number of alkyl halides is 1. The third kappa shape index (κ3) is 35.0. The van der Waals surface area contributed by atoms with E-state index in [1.807, 2.05) is 0 Å². The molecule has 0 fully saturated rings. The summed E-state index contributed by atoms with van der Waals surface area (Å²) in [5.41, 5.74) is 0. The fourth-order valence-electron chi connectivity index (χ4n) is 3.40. The van der Waals surface area contributed by atoms with Crippen LogP contribution in [0.15, 0.2) is 12.2 Å². The third-order valence-corrected chi connectivity index (χ3v) is 5.66. The van der Waals surface area contributed by atoms with E-state index in [0.29, 0.717) is 6.42 Å². The predicted octanol–water partition coefficient (Wildman–Crippen LogP) is 10.1. The second-order valence-electron chi connectivity index (χ2n) is 8.54. The number of hydrogen-bond donors (Lipinski definition) is 1. The van der Waals surface area contributed by atoms with Gasteiger partial charge in [0.1, 0.15) is 0 Å². The SMILES string of the molecule is CCCCCCCC/C=C\CCCCCCCCCCCC(=O)O.CCCCCCl. The Hall–Kier alpha value is -0.500. The summed E-state index contributed by atoms with van der Waals surface area (Å²) in [5.74, 6) is 0.171. The van der Waals surface area contributed by atoms with Gasteiger partial charge in [-0.2, -0.15) is 0 Å². The lowest BCUT2D eigenvalue weighted by molar-refractivity contribution is -0.137. The van der Waals surface area contributed by atoms with Gasteiger partial charge in [0.2, 0.25) is 0 Å². The van der Waals surface area contributed by atoms with E-state index >= 15 is 0 Å². The standard InChI is InChI=1S/C22H42O2.C5H11Cl/c1-2-3-4-5-6-7-8-9-10-11-12-13-14-15-16-17-18-19-20-21-22(23)24;1-2-3-4-5-6/h9-10H,2-8,11-21H2,1H3,(H,23,24);2-5H2,1H3/b10-9-;. The van der Waals surface area contributed by atoms with E-state index in [1.54, 1.807) is 0 Å². The zero-order valence-corrected chi connectivity index (χ0v) is 21.2. The molecule has 0 unspecified atom stereocenters. The van der Waals surface area contributed by atoms with Crippen LogP contribution < -0.4 is 0 Å². The molecule has 30 heavy (non-hydrogen) atoms. The number of unbranched alkanes of at least 4 members (excludes halogenated alkanes) is 17. The quantitative estimate of drug-likeness (QED) is 0.102. The second kappa shape index (κ2) is 30.7. The van der Waals surface area contributed by atoms with Crippen LogP contribution in [0.1, 0.15) is 149 Å². The minimum absolute atomic E-state index is 0.340. The predicted molar refractivity (Wildman–Crippen MR) is 136 cm³/mol. The van der Waals surface area contributed by atoms with Gasteiger partial charge in [0, 0.05) is 12.3 Å². The Bertz CT molecular complexity index is 338. The van der Waals surface area contributed by atoms with E-state index in [1.165, 1.54) is 116 Å². The van der Waals surface area contributed by atoms with E-state index in [4.69, 9.17) is 16.7 Å². The maximum Gasteiger partial charge on any atom is 0.303 e. The van der Waals surface area contributed by atoms with Crippen molar-refractivity contribution in [3.63, 3.8) is 0 Å². The molecule has 0 aromatic rings. The second-order valence-corrected chi connectivity index (χ2v) is 8.92. The Kier molecular flexibility index (Phi) is 32.4. The lowest BCUT2D eigenvalue weighted by Gasteiger charge is -2.01. The van der Waals surface area contributed by atoms with Gasteiger partial charge in [-0.05, 0) is 38.5 Å². The summed E-state index contributed by atoms with van der Waals surface area (Å²) < 4.78 is 0. The van der Waals surface area contributed by atoms with Crippen LogP contribution in [0.4, 0.5) is 0 Å². The highest BCUT2D eigenvalue weighted by Crippen LogP contribution is 2.12. The van der Waals surface area contributed by atoms with Crippen molar-refractivity contribution in [1.29, 1.82) is 0 Å². The van der Waals surface area contributed by atoms with Crippen LogP contribution in [0.25, 0.3) is 0 Å². The normalized spacial score (nSPS) is 10.9. The van der Waals surface area contributed by atoms with Gasteiger partial charge in [-0.15, -0.1) is 11.6 Å². The molecule has 0 rings (SSSR count). The summed E-state index contributed by atoms with van der Waals surface area (Å²) in [6.07, 6.45) is 30.9. The molecular weight excluding hydrogens is 392 g/mol. The molecular formula is C27H53ClO2. The van der Waals surface area contributed by atoms with Crippen LogP contribution in [0, 0.1) is 0 Å². The van der Waals surface area contributed by atoms with Gasteiger partial charge in [-0.25, -0.2) is 0 Å². The van der Waals surface area contributed by atoms with Gasteiger partial charge in [0.05, 0.1) is 0 Å². The van der Waals surface area contributed by atoms with Gasteiger partial charge in [-0.1, -0.05) is 116 Å². The monoisotopic (exact) mass is 444 g/mol. The molecule has 0 aromatic carbocycles. The molecule has 0 aliphatic heterocycles. The molecule has 1 N–H and O–H groups in total. The first-order chi connectivity index (χ1) is 14.7. The fraction of sp³-hybridized carbons (Fsp3) is 0.889. The zero-order chi connectivity index (χ0) is 22.5. The highest BCUT2D eigenvalue weighted by Gasteiger charge is 1.96. The van der Waals surface area contributed by atoms with E-state index in [2.05, 4.69) is 26.0 Å². The summed E-state index contributed by atoms with van der Waals surface area (Å²) in [6, 6.07) is 0. The largest absolute Gasteiger partial charge is 0.481 e. The average molecular weight is 445 g/mol. The highest BCUT2D eigenvalue weighted by molar-refractivity contribution is 6.17. The van der Waals surface area contributed by atoms with Gasteiger partial charge >= 0.3 is 5.97 Å². The molecule has 0 amide bonds. The number of rotatable bonds is 22. The first-order valence-electron chi connectivity index (χ1n) is 13.1. The Morgan fingerprint density at radius 1 is 0.600 bits per heavy atom. The van der Waals surface area contributed by atoms with Crippen molar-refractivity contribution in [3.8, 4) is 0 Å². The van der Waals surface area contributed by atoms with Crippen molar-refractivity contribution in [1.82, 2.24) is 0 Å². The van der Waals surface area contributed by atoms with Crippen LogP contribution in [-0.4, -0.2) is 17.0 Å². The van der Waals surface area contributed by atoms with Crippen molar-refractivity contribution in [2.45, 2.75) is 149 Å². The summed E-state index contributed by atoms with van der Waals surface area (Å²) in [5, 5.41) is 8.55. The molecule has 0 aliphatic rings. The van der Waals surface area contributed by atoms with Crippen molar-refractivity contribution >= 4 is 17.6 Å². The molecule has 0 heterocycles. The van der Waals surface area contributed by atoms with Crippen LogP contribution in [0.5, 0.6) is 0 Å². The Morgan fingerprint density at radius 3 is 1.33 bits per heavy atom. The van der Waals surface area contributed by atoms with Crippen LogP contribution in [-0.2, 0) is 4.79 Å². The first kappa shape index (κ1) is 31.7. The number of halogens is 1. The smallest absolute Gasteiger partial charge is 0.303 e. The highest BCUT2D eigenvalue weighted by atomic mass is 35.5. The first-order valence-corrected chi connectivity index (χ1v) is 13.6. The summed E-state index contributed by atoms with van der Waals surface area (Å²) >= 11 is 5.38. The van der Waals surface area contributed by atoms with E-state index < -0.39 is 5.97 Å². The van der Waals surface area contributed by atoms with Crippen molar-refractivity contribution in [2.75, 3.05) is 5.88 Å². The Balaban J connectivity index is 0. The van der Waals surface area contributed by atoms with Crippen molar-refractivity contribution < 1.29 is 9.90 Å². The van der Waals surface area contributed by atoms with Crippen LogP contribution in [0.3, 0.4) is 0 Å². The summed E-state index contributed by atoms with van der Waals surface area (Å²) in [6.45, 7) is 4.44. The number of hydrogen-bond acceptors (Lipinski definition) is 1. The minimum atomic E-state index is -0.656. The van der Waals surface area contributed by atoms with Crippen LogP contribution in [0.2, 0.25) is 0 Å². The molecule has 0 saturated heterocycles.